The first-order valence-corrected chi connectivity index (χ1v) is 4.33. The van der Waals surface area contributed by atoms with Crippen LogP contribution in [0.3, 0.4) is 0 Å². The van der Waals surface area contributed by atoms with E-state index in [1.165, 1.54) is 0 Å². The van der Waals surface area contributed by atoms with Crippen molar-refractivity contribution in [3.63, 3.8) is 0 Å². The second kappa shape index (κ2) is 5.92. The molecule has 0 spiro atoms. The predicted molar refractivity (Wildman–Crippen MR) is 35.2 cm³/mol. The average Bonchev–Trinajstić information content (AvgIpc) is 1.69. The van der Waals surface area contributed by atoms with Crippen molar-refractivity contribution in [1.29, 1.82) is 0 Å². The van der Waals surface area contributed by atoms with E-state index in [1.54, 1.807) is 7.11 Å². The molecule has 0 saturated carbocycles. The molecular formula is C5H12OSi. The van der Waals surface area contributed by atoms with Gasteiger partial charge >= 0.3 is 0 Å². The average molecular weight is 116 g/mol. The highest BCUT2D eigenvalue weighted by Gasteiger charge is 1.73. The molecule has 0 aliphatic carbocycles. The summed E-state index contributed by atoms with van der Waals surface area (Å²) in [6.07, 6.45) is 3.07. The second-order valence-electron chi connectivity index (χ2n) is 1.35. The lowest BCUT2D eigenvalue weighted by Gasteiger charge is -1.86. The van der Waals surface area contributed by atoms with Crippen LogP contribution in [0.15, 0.2) is 11.8 Å². The third-order valence-corrected chi connectivity index (χ3v) is 2.17. The van der Waals surface area contributed by atoms with Gasteiger partial charge in [-0.25, -0.2) is 0 Å². The summed E-state index contributed by atoms with van der Waals surface area (Å²) in [5.74, 6) is 0. The van der Waals surface area contributed by atoms with Crippen molar-refractivity contribution in [2.75, 3.05) is 13.3 Å². The van der Waals surface area contributed by atoms with Crippen LogP contribution in [0.2, 0.25) is 0 Å². The van der Waals surface area contributed by atoms with E-state index in [0.29, 0.717) is 0 Å². The zero-order chi connectivity index (χ0) is 5.54. The molecule has 0 unspecified atom stereocenters. The Bertz CT molecular complexity index is 52.0. The maximum Gasteiger partial charge on any atom is 0.0752 e. The van der Waals surface area contributed by atoms with Gasteiger partial charge in [0, 0.05) is 13.3 Å². The van der Waals surface area contributed by atoms with Crippen LogP contribution in [0.25, 0.3) is 0 Å². The highest BCUT2D eigenvalue weighted by Crippen LogP contribution is 1.67. The molecule has 0 heterocycles. The summed E-state index contributed by atoms with van der Waals surface area (Å²) in [5.41, 5.74) is 2.23. The minimum atomic E-state index is 0.00849. The fourth-order valence-electron chi connectivity index (χ4n) is 0.353. The molecule has 0 amide bonds. The Hall–Kier alpha value is -0.0831. The minimum absolute atomic E-state index is 0.00849. The molecule has 0 bridgehead atoms. The van der Waals surface area contributed by atoms with E-state index in [-0.39, 0.29) is 9.52 Å². The molecule has 0 aliphatic heterocycles. The van der Waals surface area contributed by atoms with Gasteiger partial charge in [-0.1, -0.05) is 6.08 Å². The molecule has 0 saturated heterocycles. The fourth-order valence-corrected chi connectivity index (χ4v) is 1.06. The van der Waals surface area contributed by atoms with Crippen LogP contribution < -0.4 is 0 Å². The van der Waals surface area contributed by atoms with Crippen LogP contribution in [0.4, 0.5) is 0 Å². The Balaban J connectivity index is 2.69. The third kappa shape index (κ3) is 5.92. The molecule has 7 heavy (non-hydrogen) atoms. The van der Waals surface area contributed by atoms with Gasteiger partial charge in [0.15, 0.2) is 0 Å². The smallest absolute Gasteiger partial charge is 0.0752 e. The van der Waals surface area contributed by atoms with E-state index in [1.807, 2.05) is 6.92 Å². The first-order valence-electron chi connectivity index (χ1n) is 2.52. The van der Waals surface area contributed by atoms with Crippen molar-refractivity contribution in [2.45, 2.75) is 6.92 Å². The summed E-state index contributed by atoms with van der Waals surface area (Å²) in [6, 6.07) is 0. The van der Waals surface area contributed by atoms with Crippen LogP contribution >= 0.6 is 0 Å². The summed E-state index contributed by atoms with van der Waals surface area (Å²) >= 11 is 0. The van der Waals surface area contributed by atoms with Crippen molar-refractivity contribution in [2.24, 2.45) is 0 Å². The first kappa shape index (κ1) is 6.92. The summed E-state index contributed by atoms with van der Waals surface area (Å²) in [6.45, 7) is 2.04. The number of hydrogen-bond donors (Lipinski definition) is 0. The standard InChI is InChI=1S/C5H12OSi/c1-3-4-7-5-6-2/h3-4H,5,7H2,1-2H3. The minimum Gasteiger partial charge on any atom is -0.388 e. The third-order valence-electron chi connectivity index (χ3n) is 0.724. The van der Waals surface area contributed by atoms with E-state index < -0.39 is 0 Å². The van der Waals surface area contributed by atoms with Crippen molar-refractivity contribution in [1.82, 2.24) is 0 Å². The van der Waals surface area contributed by atoms with E-state index in [2.05, 4.69) is 11.8 Å². The van der Waals surface area contributed by atoms with Gasteiger partial charge in [-0.05, 0) is 6.92 Å². The Morgan fingerprint density at radius 3 is 2.86 bits per heavy atom. The Morgan fingerprint density at radius 2 is 2.43 bits per heavy atom. The van der Waals surface area contributed by atoms with Crippen LogP contribution in [-0.4, -0.2) is 22.9 Å². The molecule has 0 N–H and O–H groups in total. The SMILES string of the molecule is CC=C[SiH2]COC. The Morgan fingerprint density at radius 1 is 1.71 bits per heavy atom. The normalized spacial score (nSPS) is 12.3. The molecule has 0 aromatic rings. The molecule has 0 atom stereocenters. The lowest BCUT2D eigenvalue weighted by molar-refractivity contribution is 0.252. The maximum absolute atomic E-state index is 4.85. The molecule has 0 rings (SSSR count). The molecule has 0 aromatic heterocycles. The first-order chi connectivity index (χ1) is 3.41. The number of hydrogen-bond acceptors (Lipinski definition) is 1. The van der Waals surface area contributed by atoms with Gasteiger partial charge in [-0.3, -0.25) is 0 Å². The van der Waals surface area contributed by atoms with Gasteiger partial charge in [0.2, 0.25) is 0 Å². The molecule has 0 aromatic carbocycles. The van der Waals surface area contributed by atoms with Gasteiger partial charge in [0.25, 0.3) is 0 Å². The second-order valence-corrected chi connectivity index (χ2v) is 2.81. The topological polar surface area (TPSA) is 9.23 Å². The zero-order valence-corrected chi connectivity index (χ0v) is 6.39. The molecule has 0 fully saturated rings. The van der Waals surface area contributed by atoms with Gasteiger partial charge in [-0.15, -0.1) is 5.70 Å². The summed E-state index contributed by atoms with van der Waals surface area (Å²) in [4.78, 5) is 0. The van der Waals surface area contributed by atoms with Crippen molar-refractivity contribution in [3.8, 4) is 0 Å². The Labute approximate surface area is 47.2 Å². The molecule has 0 radical (unpaired) electrons. The fraction of sp³-hybridized carbons (Fsp3) is 0.600. The lowest BCUT2D eigenvalue weighted by Crippen LogP contribution is -1.95. The number of allylic oxidation sites excluding steroid dienone is 1. The molecular weight excluding hydrogens is 104 g/mol. The number of methoxy groups -OCH3 is 1. The molecule has 1 nitrogen and oxygen atoms in total. The van der Waals surface area contributed by atoms with Crippen LogP contribution in [0.5, 0.6) is 0 Å². The lowest BCUT2D eigenvalue weighted by atomic mass is 10.8. The molecule has 0 aliphatic rings. The number of rotatable bonds is 3. The van der Waals surface area contributed by atoms with Gasteiger partial charge in [0.1, 0.15) is 0 Å². The highest BCUT2D eigenvalue weighted by atomic mass is 28.2. The molecule has 42 valence electrons. The van der Waals surface area contributed by atoms with E-state index >= 15 is 0 Å². The predicted octanol–water partition coefficient (Wildman–Crippen LogP) is 0.293. The summed E-state index contributed by atoms with van der Waals surface area (Å²) in [7, 11) is 1.76. The van der Waals surface area contributed by atoms with Crippen molar-refractivity contribution in [3.05, 3.63) is 11.8 Å². The van der Waals surface area contributed by atoms with Gasteiger partial charge in [-0.2, -0.15) is 0 Å². The molecule has 2 heteroatoms. The quantitative estimate of drug-likeness (QED) is 0.380. The van der Waals surface area contributed by atoms with Crippen LogP contribution in [-0.2, 0) is 4.74 Å². The van der Waals surface area contributed by atoms with Gasteiger partial charge < -0.3 is 4.74 Å². The zero-order valence-electron chi connectivity index (χ0n) is 4.98. The summed E-state index contributed by atoms with van der Waals surface area (Å²) < 4.78 is 4.85. The van der Waals surface area contributed by atoms with Crippen LogP contribution in [0.1, 0.15) is 6.92 Å². The Kier molecular flexibility index (Phi) is 5.85. The van der Waals surface area contributed by atoms with Gasteiger partial charge in [0.05, 0.1) is 9.52 Å². The van der Waals surface area contributed by atoms with Crippen molar-refractivity contribution < 1.29 is 4.74 Å². The van der Waals surface area contributed by atoms with Crippen LogP contribution in [0, 0.1) is 0 Å². The van der Waals surface area contributed by atoms with Crippen molar-refractivity contribution >= 4 is 9.52 Å². The maximum atomic E-state index is 4.85. The van der Waals surface area contributed by atoms with E-state index in [9.17, 15) is 0 Å². The largest absolute Gasteiger partial charge is 0.388 e. The highest BCUT2D eigenvalue weighted by molar-refractivity contribution is 6.41. The van der Waals surface area contributed by atoms with E-state index in [4.69, 9.17) is 4.74 Å². The summed E-state index contributed by atoms with van der Waals surface area (Å²) in [5, 5.41) is 0. The van der Waals surface area contributed by atoms with E-state index in [0.717, 1.165) is 6.23 Å². The number of ether oxygens (including phenoxy) is 1. The monoisotopic (exact) mass is 116 g/mol.